The first kappa shape index (κ1) is 12.3. The molecule has 0 aromatic heterocycles. The maximum Gasteiger partial charge on any atom is 0.133 e. The first-order valence-electron chi connectivity index (χ1n) is 5.60. The third kappa shape index (κ3) is 2.74. The molecule has 1 nitrogen and oxygen atoms in total. The summed E-state index contributed by atoms with van der Waals surface area (Å²) < 4.78 is 26.7. The summed E-state index contributed by atoms with van der Waals surface area (Å²) in [6.45, 7) is 0. The second-order valence-electron chi connectivity index (χ2n) is 3.84. The van der Waals surface area contributed by atoms with Gasteiger partial charge in [0.05, 0.1) is 0 Å². The van der Waals surface area contributed by atoms with Gasteiger partial charge >= 0.3 is 0 Å². The number of nitrogens with one attached hydrogen (secondary N) is 1. The van der Waals surface area contributed by atoms with Crippen LogP contribution < -0.4 is 5.32 Å². The van der Waals surface area contributed by atoms with Crippen LogP contribution in [0, 0.1) is 11.6 Å². The quantitative estimate of drug-likeness (QED) is 0.800. The van der Waals surface area contributed by atoms with E-state index < -0.39 is 11.6 Å². The molecule has 2 rings (SSSR count). The summed E-state index contributed by atoms with van der Waals surface area (Å²) in [5.74, 6) is -1.11. The van der Waals surface area contributed by atoms with Crippen LogP contribution in [0.5, 0.6) is 0 Å². The molecule has 0 spiro atoms. The van der Waals surface area contributed by atoms with Gasteiger partial charge in [-0.3, -0.25) is 0 Å². The summed E-state index contributed by atoms with van der Waals surface area (Å²) in [4.78, 5) is 0. The molecule has 0 saturated heterocycles. The molecule has 0 aliphatic carbocycles. The largest absolute Gasteiger partial charge is 0.388 e. The van der Waals surface area contributed by atoms with E-state index in [1.54, 1.807) is 6.08 Å². The molecular formula is C15H13F2N. The minimum atomic E-state index is -0.557. The van der Waals surface area contributed by atoms with Gasteiger partial charge in [0.1, 0.15) is 11.6 Å². The first-order chi connectivity index (χ1) is 8.70. The molecule has 2 aromatic rings. The van der Waals surface area contributed by atoms with Gasteiger partial charge in [-0.1, -0.05) is 24.3 Å². The third-order valence-corrected chi connectivity index (χ3v) is 2.64. The summed E-state index contributed by atoms with van der Waals surface area (Å²) >= 11 is 0. The average molecular weight is 245 g/mol. The standard InChI is InChI=1S/C15H13F2N/c1-18-12-8-5-11(6-9-12)7-10-13-14(16)3-2-4-15(13)17/h2-10,18H,1H3/b10-7+. The molecule has 3 heteroatoms. The van der Waals surface area contributed by atoms with Crippen LogP contribution in [0.4, 0.5) is 14.5 Å². The van der Waals surface area contributed by atoms with E-state index in [-0.39, 0.29) is 5.56 Å². The van der Waals surface area contributed by atoms with Crippen molar-refractivity contribution in [1.82, 2.24) is 0 Å². The molecule has 0 fully saturated rings. The lowest BCUT2D eigenvalue weighted by molar-refractivity contribution is 0.579. The van der Waals surface area contributed by atoms with Crippen molar-refractivity contribution in [3.63, 3.8) is 0 Å². The molecule has 2 aromatic carbocycles. The van der Waals surface area contributed by atoms with Crippen LogP contribution in [0.15, 0.2) is 42.5 Å². The number of hydrogen-bond donors (Lipinski definition) is 1. The van der Waals surface area contributed by atoms with Crippen molar-refractivity contribution in [2.45, 2.75) is 0 Å². The van der Waals surface area contributed by atoms with E-state index in [0.717, 1.165) is 11.3 Å². The summed E-state index contributed by atoms with van der Waals surface area (Å²) in [5, 5.41) is 3.00. The monoisotopic (exact) mass is 245 g/mol. The number of benzene rings is 2. The van der Waals surface area contributed by atoms with E-state index >= 15 is 0 Å². The maximum absolute atomic E-state index is 13.4. The highest BCUT2D eigenvalue weighted by Crippen LogP contribution is 2.16. The number of hydrogen-bond acceptors (Lipinski definition) is 1. The summed E-state index contributed by atoms with van der Waals surface area (Å²) in [7, 11) is 1.83. The van der Waals surface area contributed by atoms with Crippen molar-refractivity contribution in [3.05, 3.63) is 65.2 Å². The molecule has 0 aliphatic heterocycles. The highest BCUT2D eigenvalue weighted by molar-refractivity contribution is 5.70. The molecule has 92 valence electrons. The normalized spacial score (nSPS) is 10.8. The van der Waals surface area contributed by atoms with Gasteiger partial charge in [0, 0.05) is 18.3 Å². The van der Waals surface area contributed by atoms with Gasteiger partial charge in [0.15, 0.2) is 0 Å². The van der Waals surface area contributed by atoms with Crippen molar-refractivity contribution in [3.8, 4) is 0 Å². The van der Waals surface area contributed by atoms with E-state index in [2.05, 4.69) is 5.32 Å². The molecule has 0 aliphatic rings. The molecule has 0 heterocycles. The van der Waals surface area contributed by atoms with Gasteiger partial charge in [-0.2, -0.15) is 0 Å². The Balaban J connectivity index is 2.24. The number of rotatable bonds is 3. The van der Waals surface area contributed by atoms with E-state index in [1.807, 2.05) is 31.3 Å². The fourth-order valence-electron chi connectivity index (χ4n) is 1.61. The lowest BCUT2D eigenvalue weighted by atomic mass is 10.1. The van der Waals surface area contributed by atoms with Crippen LogP contribution in [0.25, 0.3) is 12.2 Å². The molecular weight excluding hydrogens is 232 g/mol. The third-order valence-electron chi connectivity index (χ3n) is 2.64. The van der Waals surface area contributed by atoms with Gasteiger partial charge in [-0.05, 0) is 35.9 Å². The molecule has 0 radical (unpaired) electrons. The Morgan fingerprint density at radius 1 is 0.889 bits per heavy atom. The predicted octanol–water partition coefficient (Wildman–Crippen LogP) is 4.18. The minimum Gasteiger partial charge on any atom is -0.388 e. The fraction of sp³-hybridized carbons (Fsp3) is 0.0667. The molecule has 1 N–H and O–H groups in total. The zero-order valence-electron chi connectivity index (χ0n) is 9.95. The van der Waals surface area contributed by atoms with E-state index in [9.17, 15) is 8.78 Å². The Kier molecular flexibility index (Phi) is 3.72. The Morgan fingerprint density at radius 3 is 2.06 bits per heavy atom. The predicted molar refractivity (Wildman–Crippen MR) is 71.3 cm³/mol. The highest BCUT2D eigenvalue weighted by Gasteiger charge is 2.03. The summed E-state index contributed by atoms with van der Waals surface area (Å²) in [6, 6.07) is 11.4. The average Bonchev–Trinajstić information content (AvgIpc) is 2.39. The van der Waals surface area contributed by atoms with Gasteiger partial charge < -0.3 is 5.32 Å². The Hall–Kier alpha value is -2.16. The van der Waals surface area contributed by atoms with Crippen molar-refractivity contribution in [2.75, 3.05) is 12.4 Å². The SMILES string of the molecule is CNc1ccc(/C=C/c2c(F)cccc2F)cc1. The first-order valence-corrected chi connectivity index (χ1v) is 5.60. The van der Waals surface area contributed by atoms with Crippen LogP contribution in [0.2, 0.25) is 0 Å². The zero-order valence-corrected chi connectivity index (χ0v) is 9.95. The van der Waals surface area contributed by atoms with Crippen molar-refractivity contribution < 1.29 is 8.78 Å². The fourth-order valence-corrected chi connectivity index (χ4v) is 1.61. The topological polar surface area (TPSA) is 12.0 Å². The molecule has 0 amide bonds. The van der Waals surface area contributed by atoms with Gasteiger partial charge in [-0.15, -0.1) is 0 Å². The van der Waals surface area contributed by atoms with Crippen LogP contribution in [-0.4, -0.2) is 7.05 Å². The van der Waals surface area contributed by atoms with Crippen molar-refractivity contribution in [1.29, 1.82) is 0 Å². The van der Waals surface area contributed by atoms with E-state index in [1.165, 1.54) is 24.3 Å². The Bertz CT molecular complexity index is 539. The van der Waals surface area contributed by atoms with Gasteiger partial charge in [-0.25, -0.2) is 8.78 Å². The molecule has 0 atom stereocenters. The number of halogens is 2. The lowest BCUT2D eigenvalue weighted by Crippen LogP contribution is -1.88. The molecule has 0 bridgehead atoms. The molecule has 18 heavy (non-hydrogen) atoms. The second-order valence-corrected chi connectivity index (χ2v) is 3.84. The lowest BCUT2D eigenvalue weighted by Gasteiger charge is -2.01. The second kappa shape index (κ2) is 5.45. The smallest absolute Gasteiger partial charge is 0.133 e. The zero-order chi connectivity index (χ0) is 13.0. The van der Waals surface area contributed by atoms with E-state index in [4.69, 9.17) is 0 Å². The maximum atomic E-state index is 13.4. The number of anilines is 1. The van der Waals surface area contributed by atoms with Crippen LogP contribution in [0.1, 0.15) is 11.1 Å². The van der Waals surface area contributed by atoms with Crippen molar-refractivity contribution in [2.24, 2.45) is 0 Å². The Morgan fingerprint density at radius 2 is 1.50 bits per heavy atom. The van der Waals surface area contributed by atoms with E-state index in [0.29, 0.717) is 0 Å². The Labute approximate surface area is 105 Å². The molecule has 0 unspecified atom stereocenters. The van der Waals surface area contributed by atoms with Crippen molar-refractivity contribution >= 4 is 17.8 Å². The summed E-state index contributed by atoms with van der Waals surface area (Å²) in [5.41, 5.74) is 1.86. The van der Waals surface area contributed by atoms with Crippen LogP contribution >= 0.6 is 0 Å². The molecule has 0 saturated carbocycles. The van der Waals surface area contributed by atoms with Crippen LogP contribution in [-0.2, 0) is 0 Å². The summed E-state index contributed by atoms with van der Waals surface area (Å²) in [6.07, 6.45) is 3.12. The highest BCUT2D eigenvalue weighted by atomic mass is 19.1. The van der Waals surface area contributed by atoms with Gasteiger partial charge in [0.25, 0.3) is 0 Å². The van der Waals surface area contributed by atoms with Gasteiger partial charge in [0.2, 0.25) is 0 Å². The minimum absolute atomic E-state index is 0.0183. The van der Waals surface area contributed by atoms with Crippen LogP contribution in [0.3, 0.4) is 0 Å².